The molecular weight excluding hydrogens is 262 g/mol. The van der Waals surface area contributed by atoms with E-state index in [2.05, 4.69) is 0 Å². The summed E-state index contributed by atoms with van der Waals surface area (Å²) in [5.41, 5.74) is 6.91. The molecule has 0 bridgehead atoms. The maximum absolute atomic E-state index is 10.6. The van der Waals surface area contributed by atoms with Gasteiger partial charge in [-0.1, -0.05) is 0 Å². The second kappa shape index (κ2) is 5.86. The van der Waals surface area contributed by atoms with Gasteiger partial charge in [-0.15, -0.1) is 11.3 Å². The summed E-state index contributed by atoms with van der Waals surface area (Å²) in [5, 5.41) is 8.74. The second-order valence-corrected chi connectivity index (χ2v) is 5.25. The van der Waals surface area contributed by atoms with E-state index >= 15 is 0 Å². The molecule has 2 rings (SSSR count). The van der Waals surface area contributed by atoms with E-state index in [1.807, 2.05) is 36.4 Å². The number of rotatable bonds is 5. The van der Waals surface area contributed by atoms with Crippen LogP contribution in [-0.2, 0) is 4.79 Å². The maximum Gasteiger partial charge on any atom is 0.305 e. The molecule has 1 atom stereocenters. The molecule has 1 heterocycles. The summed E-state index contributed by atoms with van der Waals surface area (Å²) >= 11 is 1.52. The fourth-order valence-electron chi connectivity index (χ4n) is 1.75. The Labute approximate surface area is 115 Å². The third kappa shape index (κ3) is 3.33. The maximum atomic E-state index is 10.6. The molecule has 19 heavy (non-hydrogen) atoms. The van der Waals surface area contributed by atoms with Crippen molar-refractivity contribution in [3.8, 4) is 16.2 Å². The van der Waals surface area contributed by atoms with Crippen LogP contribution in [0.5, 0.6) is 5.75 Å². The summed E-state index contributed by atoms with van der Waals surface area (Å²) in [6.07, 6.45) is -0.0530. The molecule has 0 fully saturated rings. The summed E-state index contributed by atoms with van der Waals surface area (Å²) < 4.78 is 5.11. The van der Waals surface area contributed by atoms with Crippen LogP contribution < -0.4 is 10.5 Å². The van der Waals surface area contributed by atoms with Gasteiger partial charge in [-0.25, -0.2) is 0 Å². The van der Waals surface area contributed by atoms with Gasteiger partial charge in [0.25, 0.3) is 0 Å². The van der Waals surface area contributed by atoms with Crippen molar-refractivity contribution in [3.05, 3.63) is 41.3 Å². The average molecular weight is 277 g/mol. The number of ether oxygens (including phenoxy) is 1. The first kappa shape index (κ1) is 13.6. The molecule has 0 saturated carbocycles. The Morgan fingerprint density at radius 1 is 1.32 bits per heavy atom. The van der Waals surface area contributed by atoms with Crippen LogP contribution in [0.1, 0.15) is 17.3 Å². The van der Waals surface area contributed by atoms with Gasteiger partial charge in [-0.2, -0.15) is 0 Å². The SMILES string of the molecule is COc1ccc(-c2ccc(C(N)CC(=O)O)s2)cc1. The Morgan fingerprint density at radius 2 is 2.00 bits per heavy atom. The molecule has 0 radical (unpaired) electrons. The minimum absolute atomic E-state index is 0.0530. The predicted octanol–water partition coefficient (Wildman–Crippen LogP) is 2.90. The highest BCUT2D eigenvalue weighted by molar-refractivity contribution is 7.15. The van der Waals surface area contributed by atoms with Crippen molar-refractivity contribution in [2.45, 2.75) is 12.5 Å². The minimum atomic E-state index is -0.883. The molecule has 0 saturated heterocycles. The first-order chi connectivity index (χ1) is 9.10. The van der Waals surface area contributed by atoms with E-state index in [4.69, 9.17) is 15.6 Å². The predicted molar refractivity (Wildman–Crippen MR) is 75.5 cm³/mol. The van der Waals surface area contributed by atoms with Gasteiger partial charge in [0.15, 0.2) is 0 Å². The van der Waals surface area contributed by atoms with E-state index in [0.29, 0.717) is 0 Å². The van der Waals surface area contributed by atoms with Crippen LogP contribution in [-0.4, -0.2) is 18.2 Å². The van der Waals surface area contributed by atoms with Crippen molar-refractivity contribution < 1.29 is 14.6 Å². The van der Waals surface area contributed by atoms with Crippen molar-refractivity contribution in [2.75, 3.05) is 7.11 Å². The number of carboxylic acid groups (broad SMARTS) is 1. The van der Waals surface area contributed by atoms with E-state index in [1.54, 1.807) is 7.11 Å². The van der Waals surface area contributed by atoms with Gasteiger partial charge in [0, 0.05) is 15.8 Å². The first-order valence-corrected chi connectivity index (χ1v) is 6.63. The van der Waals surface area contributed by atoms with Crippen LogP contribution >= 0.6 is 11.3 Å². The van der Waals surface area contributed by atoms with Crippen LogP contribution in [0.2, 0.25) is 0 Å². The van der Waals surface area contributed by atoms with Gasteiger partial charge >= 0.3 is 5.97 Å². The van der Waals surface area contributed by atoms with E-state index in [0.717, 1.165) is 21.1 Å². The standard InChI is InChI=1S/C14H15NO3S/c1-18-10-4-2-9(3-5-10)12-6-7-13(19-12)11(15)8-14(16)17/h2-7,11H,8,15H2,1H3,(H,16,17). The van der Waals surface area contributed by atoms with Crippen molar-refractivity contribution >= 4 is 17.3 Å². The fourth-order valence-corrected chi connectivity index (χ4v) is 2.77. The topological polar surface area (TPSA) is 72.5 Å². The Morgan fingerprint density at radius 3 is 2.58 bits per heavy atom. The molecule has 2 aromatic rings. The molecule has 100 valence electrons. The van der Waals surface area contributed by atoms with E-state index < -0.39 is 12.0 Å². The molecular formula is C14H15NO3S. The molecule has 1 aromatic heterocycles. The van der Waals surface area contributed by atoms with Crippen LogP contribution in [0.3, 0.4) is 0 Å². The molecule has 0 spiro atoms. The van der Waals surface area contributed by atoms with Gasteiger partial charge in [-0.3, -0.25) is 4.79 Å². The summed E-state index contributed by atoms with van der Waals surface area (Å²) in [6, 6.07) is 11.1. The Balaban J connectivity index is 2.17. The van der Waals surface area contributed by atoms with Gasteiger partial charge in [0.05, 0.1) is 13.5 Å². The quantitative estimate of drug-likeness (QED) is 0.881. The number of nitrogens with two attached hydrogens (primary N) is 1. The zero-order valence-electron chi connectivity index (χ0n) is 10.5. The zero-order valence-corrected chi connectivity index (χ0v) is 11.3. The third-order valence-corrected chi connectivity index (χ3v) is 4.03. The summed E-state index contributed by atoms with van der Waals surface area (Å²) in [5.74, 6) is -0.0741. The van der Waals surface area contributed by atoms with Crippen molar-refractivity contribution in [1.82, 2.24) is 0 Å². The Kier molecular flexibility index (Phi) is 4.19. The number of aliphatic carboxylic acids is 1. The van der Waals surface area contributed by atoms with Gasteiger partial charge in [0.1, 0.15) is 5.75 Å². The van der Waals surface area contributed by atoms with E-state index in [-0.39, 0.29) is 6.42 Å². The summed E-state index contributed by atoms with van der Waals surface area (Å²) in [4.78, 5) is 12.6. The Hall–Kier alpha value is -1.85. The van der Waals surface area contributed by atoms with Crippen molar-refractivity contribution in [3.63, 3.8) is 0 Å². The first-order valence-electron chi connectivity index (χ1n) is 5.81. The lowest BCUT2D eigenvalue weighted by Gasteiger charge is -2.05. The number of hydrogen-bond donors (Lipinski definition) is 2. The fraction of sp³-hybridized carbons (Fsp3) is 0.214. The van der Waals surface area contributed by atoms with E-state index in [1.165, 1.54) is 11.3 Å². The van der Waals surface area contributed by atoms with Crippen LogP contribution in [0.15, 0.2) is 36.4 Å². The molecule has 0 aliphatic carbocycles. The Bertz CT molecular complexity index is 562. The average Bonchev–Trinajstić information content (AvgIpc) is 2.88. The van der Waals surface area contributed by atoms with Gasteiger partial charge < -0.3 is 15.6 Å². The summed E-state index contributed by atoms with van der Waals surface area (Å²) in [6.45, 7) is 0. The van der Waals surface area contributed by atoms with Gasteiger partial charge in [0.2, 0.25) is 0 Å². The number of methoxy groups -OCH3 is 1. The smallest absolute Gasteiger partial charge is 0.305 e. The normalized spacial score (nSPS) is 12.1. The molecule has 0 aliphatic rings. The number of carbonyl (C=O) groups is 1. The minimum Gasteiger partial charge on any atom is -0.497 e. The highest BCUT2D eigenvalue weighted by atomic mass is 32.1. The lowest BCUT2D eigenvalue weighted by molar-refractivity contribution is -0.137. The second-order valence-electron chi connectivity index (χ2n) is 4.13. The van der Waals surface area contributed by atoms with Crippen LogP contribution in [0.25, 0.3) is 10.4 Å². The molecule has 4 nitrogen and oxygen atoms in total. The monoisotopic (exact) mass is 277 g/mol. The summed E-state index contributed by atoms with van der Waals surface area (Å²) in [7, 11) is 1.63. The molecule has 3 N–H and O–H groups in total. The number of thiophene rings is 1. The number of carboxylic acids is 1. The number of benzene rings is 1. The lowest BCUT2D eigenvalue weighted by atomic mass is 10.1. The van der Waals surface area contributed by atoms with Crippen molar-refractivity contribution in [2.24, 2.45) is 5.73 Å². The zero-order chi connectivity index (χ0) is 13.8. The lowest BCUT2D eigenvalue weighted by Crippen LogP contribution is -2.13. The molecule has 5 heteroatoms. The molecule has 0 aliphatic heterocycles. The number of hydrogen-bond acceptors (Lipinski definition) is 4. The van der Waals surface area contributed by atoms with Gasteiger partial charge in [-0.05, 0) is 42.0 Å². The molecule has 1 unspecified atom stereocenters. The van der Waals surface area contributed by atoms with Crippen LogP contribution in [0.4, 0.5) is 0 Å². The largest absolute Gasteiger partial charge is 0.497 e. The van der Waals surface area contributed by atoms with Crippen molar-refractivity contribution in [1.29, 1.82) is 0 Å². The molecule has 0 amide bonds. The highest BCUT2D eigenvalue weighted by Gasteiger charge is 2.13. The van der Waals surface area contributed by atoms with Crippen LogP contribution in [0, 0.1) is 0 Å². The highest BCUT2D eigenvalue weighted by Crippen LogP contribution is 2.32. The third-order valence-electron chi connectivity index (χ3n) is 2.76. The molecule has 1 aromatic carbocycles. The van der Waals surface area contributed by atoms with E-state index in [9.17, 15) is 4.79 Å².